The molecule has 2 aromatic rings. The molecule has 0 aliphatic heterocycles. The molecule has 0 bridgehead atoms. The van der Waals surface area contributed by atoms with Crippen LogP contribution < -0.4 is 4.74 Å². The van der Waals surface area contributed by atoms with Crippen molar-refractivity contribution in [3.05, 3.63) is 63.7 Å². The Morgan fingerprint density at radius 1 is 1.05 bits per heavy atom. The summed E-state index contributed by atoms with van der Waals surface area (Å²) in [5, 5.41) is 28.8. The molecule has 0 saturated carbocycles. The second kappa shape index (κ2) is 5.51. The summed E-state index contributed by atoms with van der Waals surface area (Å²) in [6.07, 6.45) is 0. The SMILES string of the molecule is N#Cc1cc(Oc2ccccc2)c([N+](=O)[O-])cc1C#N. The molecule has 0 saturated heterocycles. The highest BCUT2D eigenvalue weighted by Gasteiger charge is 2.20. The van der Waals surface area contributed by atoms with Gasteiger partial charge in [-0.1, -0.05) is 18.2 Å². The van der Waals surface area contributed by atoms with Crippen LogP contribution in [-0.2, 0) is 0 Å². The van der Waals surface area contributed by atoms with Gasteiger partial charge < -0.3 is 4.74 Å². The van der Waals surface area contributed by atoms with Gasteiger partial charge in [0.15, 0.2) is 0 Å². The summed E-state index contributed by atoms with van der Waals surface area (Å²) in [5.74, 6) is 0.334. The molecule has 0 heterocycles. The first-order valence-corrected chi connectivity index (χ1v) is 5.51. The van der Waals surface area contributed by atoms with Crippen molar-refractivity contribution in [2.75, 3.05) is 0 Å². The van der Waals surface area contributed by atoms with E-state index in [-0.39, 0.29) is 22.6 Å². The minimum atomic E-state index is -0.653. The maximum atomic E-state index is 11.0. The molecule has 6 nitrogen and oxygen atoms in total. The van der Waals surface area contributed by atoms with E-state index >= 15 is 0 Å². The van der Waals surface area contributed by atoms with E-state index in [9.17, 15) is 10.1 Å². The number of nitriles is 2. The molecule has 0 amide bonds. The summed E-state index contributed by atoms with van der Waals surface area (Å²) in [4.78, 5) is 10.4. The van der Waals surface area contributed by atoms with Crippen LogP contribution in [-0.4, -0.2) is 4.92 Å². The number of hydrogen-bond donors (Lipinski definition) is 0. The maximum Gasteiger partial charge on any atom is 0.312 e. The van der Waals surface area contributed by atoms with Gasteiger partial charge in [0.05, 0.1) is 16.1 Å². The van der Waals surface area contributed by atoms with Crippen molar-refractivity contribution in [1.29, 1.82) is 10.5 Å². The first-order valence-electron chi connectivity index (χ1n) is 5.51. The molecule has 2 rings (SSSR count). The molecule has 2 aromatic carbocycles. The third kappa shape index (κ3) is 2.55. The molecule has 0 aliphatic carbocycles. The average molecular weight is 265 g/mol. The van der Waals surface area contributed by atoms with Gasteiger partial charge in [0.25, 0.3) is 0 Å². The molecular formula is C14H7N3O3. The van der Waals surface area contributed by atoms with Crippen LogP contribution in [0.15, 0.2) is 42.5 Å². The van der Waals surface area contributed by atoms with Gasteiger partial charge in [0.1, 0.15) is 17.9 Å². The van der Waals surface area contributed by atoms with E-state index in [0.29, 0.717) is 5.75 Å². The van der Waals surface area contributed by atoms with Crippen molar-refractivity contribution < 1.29 is 9.66 Å². The Balaban J connectivity index is 2.54. The summed E-state index contributed by atoms with van der Waals surface area (Å²) in [5.41, 5.74) is -0.381. The van der Waals surface area contributed by atoms with Gasteiger partial charge in [-0.2, -0.15) is 10.5 Å². The second-order valence-electron chi connectivity index (χ2n) is 3.76. The van der Waals surface area contributed by atoms with E-state index in [1.165, 1.54) is 6.07 Å². The van der Waals surface area contributed by atoms with Gasteiger partial charge in [-0.05, 0) is 12.1 Å². The van der Waals surface area contributed by atoms with Gasteiger partial charge in [0, 0.05) is 12.1 Å². The fraction of sp³-hybridized carbons (Fsp3) is 0. The summed E-state index contributed by atoms with van der Waals surface area (Å²) < 4.78 is 5.41. The summed E-state index contributed by atoms with van der Waals surface area (Å²) in [7, 11) is 0. The molecule has 0 spiro atoms. The van der Waals surface area contributed by atoms with Crippen LogP contribution in [0.25, 0.3) is 0 Å². The molecule has 0 N–H and O–H groups in total. The lowest BCUT2D eigenvalue weighted by Gasteiger charge is -2.07. The zero-order valence-corrected chi connectivity index (χ0v) is 10.1. The van der Waals surface area contributed by atoms with Gasteiger partial charge in [-0.3, -0.25) is 10.1 Å². The molecule has 0 aromatic heterocycles. The highest BCUT2D eigenvalue weighted by molar-refractivity contribution is 5.60. The lowest BCUT2D eigenvalue weighted by Crippen LogP contribution is -1.96. The predicted octanol–water partition coefficient (Wildman–Crippen LogP) is 3.13. The molecule has 6 heteroatoms. The van der Waals surface area contributed by atoms with E-state index in [2.05, 4.69) is 0 Å². The third-order valence-electron chi connectivity index (χ3n) is 2.51. The topological polar surface area (TPSA) is 99.9 Å². The number of ether oxygens (including phenoxy) is 1. The normalized spacial score (nSPS) is 9.30. The van der Waals surface area contributed by atoms with Crippen LogP contribution in [0, 0.1) is 32.8 Å². The van der Waals surface area contributed by atoms with Crippen molar-refractivity contribution in [2.45, 2.75) is 0 Å². The first kappa shape index (κ1) is 13.1. The van der Waals surface area contributed by atoms with E-state index in [0.717, 1.165) is 6.07 Å². The van der Waals surface area contributed by atoms with E-state index in [1.807, 2.05) is 6.07 Å². The highest BCUT2D eigenvalue weighted by atomic mass is 16.6. The lowest BCUT2D eigenvalue weighted by molar-refractivity contribution is -0.385. The fourth-order valence-corrected chi connectivity index (χ4v) is 1.59. The fourth-order valence-electron chi connectivity index (χ4n) is 1.59. The summed E-state index contributed by atoms with van der Waals surface area (Å²) in [6.45, 7) is 0. The average Bonchev–Trinajstić information content (AvgIpc) is 2.47. The summed E-state index contributed by atoms with van der Waals surface area (Å²) in [6, 6.07) is 14.3. The Hall–Kier alpha value is -3.38. The Bertz CT molecular complexity index is 743. The van der Waals surface area contributed by atoms with Crippen molar-refractivity contribution in [2.24, 2.45) is 0 Å². The monoisotopic (exact) mass is 265 g/mol. The smallest absolute Gasteiger partial charge is 0.312 e. The Morgan fingerprint density at radius 2 is 1.65 bits per heavy atom. The lowest BCUT2D eigenvalue weighted by atomic mass is 10.1. The van der Waals surface area contributed by atoms with E-state index < -0.39 is 4.92 Å². The summed E-state index contributed by atoms with van der Waals surface area (Å²) >= 11 is 0. The minimum absolute atomic E-state index is 0.0315. The molecule has 0 radical (unpaired) electrons. The molecule has 96 valence electrons. The first-order chi connectivity index (χ1) is 9.65. The van der Waals surface area contributed by atoms with Crippen LogP contribution >= 0.6 is 0 Å². The molecular weight excluding hydrogens is 258 g/mol. The van der Waals surface area contributed by atoms with Crippen LogP contribution in [0.4, 0.5) is 5.69 Å². The van der Waals surface area contributed by atoms with Crippen molar-refractivity contribution in [3.63, 3.8) is 0 Å². The van der Waals surface area contributed by atoms with Crippen molar-refractivity contribution in [3.8, 4) is 23.6 Å². The molecule has 0 unspecified atom stereocenters. The zero-order chi connectivity index (χ0) is 14.5. The van der Waals surface area contributed by atoms with Gasteiger partial charge in [-0.25, -0.2) is 0 Å². The van der Waals surface area contributed by atoms with Crippen molar-refractivity contribution >= 4 is 5.69 Å². The standard InChI is InChI=1S/C14H7N3O3/c15-8-10-6-13(17(18)19)14(7-11(10)9-16)20-12-4-2-1-3-5-12/h1-7H. The van der Waals surface area contributed by atoms with Crippen LogP contribution in [0.2, 0.25) is 0 Å². The molecule has 20 heavy (non-hydrogen) atoms. The van der Waals surface area contributed by atoms with Crippen LogP contribution in [0.5, 0.6) is 11.5 Å². The zero-order valence-electron chi connectivity index (χ0n) is 10.1. The quantitative estimate of drug-likeness (QED) is 0.626. The number of hydrogen-bond acceptors (Lipinski definition) is 5. The number of nitrogens with zero attached hydrogens (tertiary/aromatic N) is 3. The Morgan fingerprint density at radius 3 is 2.20 bits per heavy atom. The van der Waals surface area contributed by atoms with Gasteiger partial charge >= 0.3 is 5.69 Å². The Kier molecular flexibility index (Phi) is 3.60. The highest BCUT2D eigenvalue weighted by Crippen LogP contribution is 2.33. The molecule has 0 atom stereocenters. The third-order valence-corrected chi connectivity index (χ3v) is 2.51. The number of para-hydroxylation sites is 1. The number of nitro groups is 1. The van der Waals surface area contributed by atoms with Crippen LogP contribution in [0.3, 0.4) is 0 Å². The van der Waals surface area contributed by atoms with Gasteiger partial charge in [0.2, 0.25) is 5.75 Å². The van der Waals surface area contributed by atoms with E-state index in [1.54, 1.807) is 36.4 Å². The number of benzene rings is 2. The maximum absolute atomic E-state index is 11.0. The minimum Gasteiger partial charge on any atom is -0.450 e. The van der Waals surface area contributed by atoms with Crippen molar-refractivity contribution in [1.82, 2.24) is 0 Å². The largest absolute Gasteiger partial charge is 0.450 e. The van der Waals surface area contributed by atoms with Gasteiger partial charge in [-0.15, -0.1) is 0 Å². The predicted molar refractivity (Wildman–Crippen MR) is 69.0 cm³/mol. The second-order valence-corrected chi connectivity index (χ2v) is 3.76. The number of rotatable bonds is 3. The van der Waals surface area contributed by atoms with E-state index in [4.69, 9.17) is 15.3 Å². The number of nitro benzene ring substituents is 1. The molecule has 0 fully saturated rings. The van der Waals surface area contributed by atoms with Crippen LogP contribution in [0.1, 0.15) is 11.1 Å². The Labute approximate surface area is 114 Å². The molecule has 0 aliphatic rings.